The van der Waals surface area contributed by atoms with Crippen molar-refractivity contribution in [3.63, 3.8) is 0 Å². The maximum Gasteiger partial charge on any atom is 0.162 e. The number of rotatable bonds is 5. The molecule has 4 heterocycles. The Morgan fingerprint density at radius 3 is 2.07 bits per heavy atom. The van der Waals surface area contributed by atoms with Gasteiger partial charge in [0.25, 0.3) is 0 Å². The molecule has 0 N–H and O–H groups in total. The van der Waals surface area contributed by atoms with E-state index in [-0.39, 0.29) is 12.0 Å². The third kappa shape index (κ3) is 5.21. The van der Waals surface area contributed by atoms with Gasteiger partial charge in [-0.1, -0.05) is 140 Å². The molecule has 7 aromatic carbocycles. The molecule has 3 aromatic heterocycles. The van der Waals surface area contributed by atoms with E-state index in [1.807, 2.05) is 18.2 Å². The van der Waals surface area contributed by atoms with Crippen LogP contribution in [0.25, 0.3) is 88.8 Å². The Kier molecular flexibility index (Phi) is 7.57. The third-order valence-electron chi connectivity index (χ3n) is 11.7. The standard InChI is InChI=1S/C52H32IN3O2/c53-49-50(32-15-5-2-6-16-32)54-51(55-52(49)56-42-22-9-7-19-37(42)40-30-47-41(29-43(40)56)38-20-8-10-23-44(38)57-47)35-18-11-17-33(27-35)34-25-26-39-46(28-34)58-45-24-12-21-36(48(39)45)31-13-3-1-4-14-31/h1-30,37,42H. The quantitative estimate of drug-likeness (QED) is 0.161. The van der Waals surface area contributed by atoms with Crippen LogP contribution in [0.5, 0.6) is 0 Å². The Morgan fingerprint density at radius 1 is 0.500 bits per heavy atom. The van der Waals surface area contributed by atoms with Gasteiger partial charge in [-0.25, -0.2) is 9.97 Å². The van der Waals surface area contributed by atoms with Gasteiger partial charge in [0.05, 0.1) is 15.3 Å². The molecule has 274 valence electrons. The topological polar surface area (TPSA) is 55.3 Å². The second-order valence-electron chi connectivity index (χ2n) is 15.0. The largest absolute Gasteiger partial charge is 0.456 e. The first-order chi connectivity index (χ1) is 28.7. The minimum Gasteiger partial charge on any atom is -0.456 e. The van der Waals surface area contributed by atoms with Gasteiger partial charge in [0.15, 0.2) is 11.6 Å². The van der Waals surface area contributed by atoms with Gasteiger partial charge in [0.2, 0.25) is 0 Å². The van der Waals surface area contributed by atoms with Crippen LogP contribution in [-0.4, -0.2) is 16.0 Å². The maximum absolute atomic E-state index is 6.51. The zero-order valence-corrected chi connectivity index (χ0v) is 33.2. The molecule has 1 aliphatic heterocycles. The lowest BCUT2D eigenvalue weighted by molar-refractivity contribution is 0.667. The maximum atomic E-state index is 6.51. The van der Waals surface area contributed by atoms with E-state index in [4.69, 9.17) is 18.8 Å². The lowest BCUT2D eigenvalue weighted by atomic mass is 9.91. The summed E-state index contributed by atoms with van der Waals surface area (Å²) in [5.74, 6) is 1.70. The van der Waals surface area contributed by atoms with Crippen LogP contribution in [0.3, 0.4) is 0 Å². The van der Waals surface area contributed by atoms with Crippen LogP contribution in [-0.2, 0) is 0 Å². The van der Waals surface area contributed by atoms with E-state index < -0.39 is 0 Å². The minimum absolute atomic E-state index is 0.0435. The summed E-state index contributed by atoms with van der Waals surface area (Å²) in [6, 6.07) is 55.2. The molecule has 0 fully saturated rings. The van der Waals surface area contributed by atoms with E-state index in [2.05, 4.69) is 191 Å². The van der Waals surface area contributed by atoms with Crippen LogP contribution in [0.15, 0.2) is 191 Å². The molecule has 5 nitrogen and oxygen atoms in total. The molecule has 0 saturated carbocycles. The number of allylic oxidation sites excluding steroid dienone is 2. The summed E-state index contributed by atoms with van der Waals surface area (Å²) >= 11 is 2.46. The number of para-hydroxylation sites is 1. The highest BCUT2D eigenvalue weighted by molar-refractivity contribution is 14.1. The lowest BCUT2D eigenvalue weighted by Crippen LogP contribution is -2.30. The smallest absolute Gasteiger partial charge is 0.162 e. The fourth-order valence-electron chi connectivity index (χ4n) is 9.01. The van der Waals surface area contributed by atoms with Crippen LogP contribution in [0.2, 0.25) is 0 Å². The molecule has 6 heteroatoms. The van der Waals surface area contributed by atoms with E-state index in [1.54, 1.807) is 0 Å². The van der Waals surface area contributed by atoms with Crippen molar-refractivity contribution in [3.8, 4) is 44.9 Å². The number of anilines is 2. The molecule has 2 atom stereocenters. The number of fused-ring (bicyclic) bond motifs is 9. The number of nitrogens with zero attached hydrogens (tertiary/aromatic N) is 3. The molecule has 0 saturated heterocycles. The number of hydrogen-bond donors (Lipinski definition) is 0. The van der Waals surface area contributed by atoms with Crippen LogP contribution in [0.1, 0.15) is 11.5 Å². The van der Waals surface area contributed by atoms with Crippen LogP contribution in [0.4, 0.5) is 11.5 Å². The first-order valence-corrected chi connectivity index (χ1v) is 20.6. The highest BCUT2D eigenvalue weighted by Crippen LogP contribution is 2.51. The predicted molar refractivity (Wildman–Crippen MR) is 244 cm³/mol. The van der Waals surface area contributed by atoms with Crippen molar-refractivity contribution < 1.29 is 8.83 Å². The highest BCUT2D eigenvalue weighted by Gasteiger charge is 2.40. The SMILES string of the molecule is Ic1c(-c2ccccc2)nc(-c2cccc(-c3ccc4c(c3)oc3cccc(-c5ccccc5)c34)c2)nc1N1c2cc3c(cc2C2C=CC=CC21)oc1ccccc13. The Balaban J connectivity index is 1.01. The lowest BCUT2D eigenvalue weighted by Gasteiger charge is -2.29. The highest BCUT2D eigenvalue weighted by atomic mass is 127. The fourth-order valence-corrected chi connectivity index (χ4v) is 9.82. The summed E-state index contributed by atoms with van der Waals surface area (Å²) in [6.45, 7) is 0. The Hall–Kier alpha value is -6.77. The average molecular weight is 858 g/mol. The van der Waals surface area contributed by atoms with Gasteiger partial charge in [-0.2, -0.15) is 0 Å². The molecule has 0 amide bonds. The van der Waals surface area contributed by atoms with Gasteiger partial charge < -0.3 is 13.7 Å². The summed E-state index contributed by atoms with van der Waals surface area (Å²) in [7, 11) is 0. The molecule has 2 aliphatic rings. The van der Waals surface area contributed by atoms with E-state index in [1.165, 1.54) is 16.7 Å². The second-order valence-corrected chi connectivity index (χ2v) is 16.1. The normalized spacial score (nSPS) is 15.8. The molecule has 0 radical (unpaired) electrons. The summed E-state index contributed by atoms with van der Waals surface area (Å²) in [4.78, 5) is 13.2. The van der Waals surface area contributed by atoms with Gasteiger partial charge in [-0.3, -0.25) is 0 Å². The first-order valence-electron chi connectivity index (χ1n) is 19.5. The number of aromatic nitrogens is 2. The van der Waals surface area contributed by atoms with Crippen LogP contribution in [0, 0.1) is 3.57 Å². The van der Waals surface area contributed by atoms with Gasteiger partial charge in [0, 0.05) is 44.3 Å². The zero-order valence-electron chi connectivity index (χ0n) is 31.0. The van der Waals surface area contributed by atoms with Gasteiger partial charge >= 0.3 is 0 Å². The average Bonchev–Trinajstić information content (AvgIpc) is 3.95. The van der Waals surface area contributed by atoms with Gasteiger partial charge in [-0.15, -0.1) is 0 Å². The molecule has 10 aromatic rings. The Bertz CT molecular complexity index is 3330. The van der Waals surface area contributed by atoms with Crippen molar-refractivity contribution in [2.45, 2.75) is 12.0 Å². The summed E-state index contributed by atoms with van der Waals surface area (Å²) in [6.07, 6.45) is 8.90. The predicted octanol–water partition coefficient (Wildman–Crippen LogP) is 14.3. The number of hydrogen-bond acceptors (Lipinski definition) is 5. The van der Waals surface area contributed by atoms with Gasteiger partial charge in [-0.05, 0) is 92.9 Å². The Labute approximate surface area is 347 Å². The van der Waals surface area contributed by atoms with Crippen molar-refractivity contribution in [3.05, 3.63) is 191 Å². The fraction of sp³-hybridized carbons (Fsp3) is 0.0385. The first kappa shape index (κ1) is 33.4. The number of halogens is 1. The van der Waals surface area contributed by atoms with Crippen molar-refractivity contribution in [1.29, 1.82) is 0 Å². The number of furan rings is 2. The Morgan fingerprint density at radius 2 is 1.19 bits per heavy atom. The van der Waals surface area contributed by atoms with Crippen LogP contribution < -0.4 is 4.90 Å². The van der Waals surface area contributed by atoms with Crippen molar-refractivity contribution in [2.24, 2.45) is 0 Å². The number of benzene rings is 7. The molecule has 2 unspecified atom stereocenters. The minimum atomic E-state index is 0.0435. The molecule has 1 aliphatic carbocycles. The van der Waals surface area contributed by atoms with E-state index in [0.717, 1.165) is 86.9 Å². The van der Waals surface area contributed by atoms with Crippen molar-refractivity contribution in [1.82, 2.24) is 9.97 Å². The summed E-state index contributed by atoms with van der Waals surface area (Å²) in [5.41, 5.74) is 13.3. The zero-order chi connectivity index (χ0) is 38.3. The van der Waals surface area contributed by atoms with E-state index in [9.17, 15) is 0 Å². The monoisotopic (exact) mass is 857 g/mol. The molecule has 58 heavy (non-hydrogen) atoms. The van der Waals surface area contributed by atoms with E-state index >= 15 is 0 Å². The molecule has 0 spiro atoms. The van der Waals surface area contributed by atoms with Gasteiger partial charge in [0.1, 0.15) is 22.3 Å². The summed E-state index contributed by atoms with van der Waals surface area (Å²) in [5, 5.41) is 4.44. The van der Waals surface area contributed by atoms with Crippen molar-refractivity contribution in [2.75, 3.05) is 4.90 Å². The molecule has 0 bridgehead atoms. The molecular weight excluding hydrogens is 825 g/mol. The third-order valence-corrected chi connectivity index (χ3v) is 12.7. The summed E-state index contributed by atoms with van der Waals surface area (Å²) < 4.78 is 13.9. The molecular formula is C52H32IN3O2. The van der Waals surface area contributed by atoms with Crippen molar-refractivity contribution >= 4 is 78.0 Å². The van der Waals surface area contributed by atoms with Crippen LogP contribution >= 0.6 is 22.6 Å². The molecule has 12 rings (SSSR count). The van der Waals surface area contributed by atoms with E-state index in [0.29, 0.717) is 5.82 Å². The second kappa shape index (κ2) is 13.1.